The van der Waals surface area contributed by atoms with E-state index >= 15 is 0 Å². The quantitative estimate of drug-likeness (QED) is 0.128. The van der Waals surface area contributed by atoms with Crippen LogP contribution < -0.4 is 0 Å². The zero-order valence-electron chi connectivity index (χ0n) is 67.1. The zero-order chi connectivity index (χ0) is 81.5. The highest BCUT2D eigenvalue weighted by Crippen LogP contribution is 2.45. The van der Waals surface area contributed by atoms with Crippen LogP contribution in [0.4, 0.5) is 0 Å². The molecule has 6 aromatic heterocycles. The van der Waals surface area contributed by atoms with Crippen molar-refractivity contribution >= 4 is 152 Å². The average molecular weight is 1580 g/mol. The summed E-state index contributed by atoms with van der Waals surface area (Å²) >= 11 is 0. The molecule has 0 fully saturated rings. The van der Waals surface area contributed by atoms with Gasteiger partial charge in [0.25, 0.3) is 0 Å². The van der Waals surface area contributed by atoms with E-state index in [4.69, 9.17) is 19.9 Å². The number of aromatic nitrogens is 8. The Balaban J connectivity index is 0.000000138. The van der Waals surface area contributed by atoms with Crippen LogP contribution in [0.2, 0.25) is 0 Å². The van der Waals surface area contributed by atoms with Gasteiger partial charge in [-0.1, -0.05) is 267 Å². The molecule has 0 radical (unpaired) electrons. The van der Waals surface area contributed by atoms with Gasteiger partial charge in [-0.05, 0) is 234 Å². The van der Waals surface area contributed by atoms with Crippen LogP contribution in [0.5, 0.6) is 0 Å². The number of hydrogen-bond acceptors (Lipinski definition) is 4. The second-order valence-electron chi connectivity index (χ2n) is 32.4. The Morgan fingerprint density at radius 1 is 0.121 bits per heavy atom. The maximum Gasteiger partial charge on any atom is 0.0971 e. The highest BCUT2D eigenvalue weighted by molar-refractivity contribution is 6.26. The number of benzene rings is 20. The molecule has 576 valence electrons. The van der Waals surface area contributed by atoms with Crippen LogP contribution in [0.25, 0.3) is 242 Å². The number of fused-ring (bicyclic) bond motifs is 24. The molecule has 0 amide bonds. The minimum atomic E-state index is 0.905. The van der Waals surface area contributed by atoms with E-state index in [0.29, 0.717) is 0 Å². The van der Waals surface area contributed by atoms with Crippen LogP contribution in [-0.4, -0.2) is 38.2 Å². The molecule has 8 nitrogen and oxygen atoms in total. The van der Waals surface area contributed by atoms with Crippen LogP contribution in [-0.2, 0) is 0 Å². The molecule has 26 aromatic rings. The first-order chi connectivity index (χ1) is 61.5. The molecular formula is C116H72N8. The molecule has 124 heavy (non-hydrogen) atoms. The highest BCUT2D eigenvalue weighted by Gasteiger charge is 2.22. The topological polar surface area (TPSA) is 71.3 Å². The molecule has 0 bridgehead atoms. The van der Waals surface area contributed by atoms with E-state index in [-0.39, 0.29) is 0 Å². The monoisotopic (exact) mass is 1580 g/mol. The van der Waals surface area contributed by atoms with Crippen molar-refractivity contribution in [2.45, 2.75) is 0 Å². The number of para-hydroxylation sites is 8. The van der Waals surface area contributed by atoms with Gasteiger partial charge in [-0.15, -0.1) is 0 Å². The molecule has 0 aliphatic rings. The Hall–Kier alpha value is -16.7. The Labute approximate surface area is 712 Å². The Morgan fingerprint density at radius 3 is 0.613 bits per heavy atom. The minimum absolute atomic E-state index is 0.905. The van der Waals surface area contributed by atoms with Crippen molar-refractivity contribution in [2.24, 2.45) is 0 Å². The van der Waals surface area contributed by atoms with Gasteiger partial charge in [0, 0.05) is 112 Å². The number of nitrogens with zero attached hydrogens (tertiary/aromatic N) is 8. The molecular weight excluding hydrogens is 1510 g/mol. The van der Waals surface area contributed by atoms with Crippen molar-refractivity contribution in [1.29, 1.82) is 0 Å². The third-order valence-electron chi connectivity index (χ3n) is 25.5. The Kier molecular flexibility index (Phi) is 16.2. The van der Waals surface area contributed by atoms with Crippen molar-refractivity contribution in [3.63, 3.8) is 0 Å². The summed E-state index contributed by atoms with van der Waals surface area (Å²) in [6, 6.07) is 150. The first kappa shape index (κ1) is 70.3. The van der Waals surface area contributed by atoms with E-state index in [1.54, 1.807) is 0 Å². The van der Waals surface area contributed by atoms with Crippen molar-refractivity contribution in [2.75, 3.05) is 0 Å². The number of rotatable bonds is 10. The third kappa shape index (κ3) is 11.4. The standard InChI is InChI=1S/C64H40N4.C52H32N4/c1-3-17-49(18-4-1)67-59-23-9-7-21-53(59)55-37-47(27-31-61(55)67)43-15-11-13-41(35-43)45-25-29-51-52-30-26-46(40-58(52)64-63(57(51)39-45)65-33-34-66-64)42-14-12-16-44(36-42)48-28-32-62-56(38-48)54-22-8-10-24-60(54)68(62)50-19-5-2-6-20-50;1-5-19-47-41(15-1)42-16-2-6-20-48(42)55(47)37-13-9-11-33(29-37)35-23-25-39-40-26-24-36(32-46(40)52-51(45(39)31-35)53-27-28-54-52)34-12-10-14-38(30-34)56-49-21-7-3-17-43(49)44-18-4-8-22-50(44)56/h1-40H;1-32H. The Morgan fingerprint density at radius 2 is 0.323 bits per heavy atom. The van der Waals surface area contributed by atoms with Gasteiger partial charge < -0.3 is 18.3 Å². The molecule has 0 atom stereocenters. The minimum Gasteiger partial charge on any atom is -0.309 e. The molecule has 26 rings (SSSR count). The lowest BCUT2D eigenvalue weighted by Gasteiger charge is -2.14. The SMILES string of the molecule is c1cc(-c2ccc3c4ccc(-c5cccc(-n6c7ccccc7c7ccccc76)c5)cc4c4nccnc4c3c2)cc(-n2c3ccccc3c3ccccc32)c1.c1ccc(-n2c3ccccc3c3cc(-c4cccc(-c5ccc6c7ccc(-c8cccc(-c9ccc%10c(c9)c9ccccc9n%10-c9ccccc9)c8)cc7c7nccnc7c6c5)c4)ccc32)cc1. The van der Waals surface area contributed by atoms with E-state index in [1.807, 2.05) is 24.8 Å². The molecule has 8 heteroatoms. The van der Waals surface area contributed by atoms with E-state index in [2.05, 4.69) is 431 Å². The molecule has 0 N–H and O–H groups in total. The molecule has 20 aromatic carbocycles. The lowest BCUT2D eigenvalue weighted by Crippen LogP contribution is -1.95. The Bertz CT molecular complexity index is 8230. The third-order valence-corrected chi connectivity index (χ3v) is 25.5. The van der Waals surface area contributed by atoms with Gasteiger partial charge in [0.2, 0.25) is 0 Å². The summed E-state index contributed by atoms with van der Waals surface area (Å²) < 4.78 is 9.48. The molecule has 0 saturated carbocycles. The predicted molar refractivity (Wildman–Crippen MR) is 519 cm³/mol. The molecule has 0 aliphatic heterocycles. The molecule has 6 heterocycles. The lowest BCUT2D eigenvalue weighted by atomic mass is 9.92. The molecule has 0 aliphatic carbocycles. The largest absolute Gasteiger partial charge is 0.309 e. The van der Waals surface area contributed by atoms with Crippen molar-refractivity contribution < 1.29 is 0 Å². The van der Waals surface area contributed by atoms with Gasteiger partial charge >= 0.3 is 0 Å². The molecule has 0 unspecified atom stereocenters. The summed E-state index contributed by atoms with van der Waals surface area (Å²) in [5, 5.41) is 19.1. The predicted octanol–water partition coefficient (Wildman–Crippen LogP) is 30.3. The van der Waals surface area contributed by atoms with E-state index in [9.17, 15) is 0 Å². The van der Waals surface area contributed by atoms with Crippen LogP contribution in [0, 0.1) is 0 Å². The van der Waals surface area contributed by atoms with Crippen LogP contribution in [0.3, 0.4) is 0 Å². The van der Waals surface area contributed by atoms with Gasteiger partial charge in [0.05, 0.1) is 66.2 Å². The van der Waals surface area contributed by atoms with E-state index in [0.717, 1.165) is 122 Å². The smallest absolute Gasteiger partial charge is 0.0971 e. The van der Waals surface area contributed by atoms with Gasteiger partial charge in [-0.3, -0.25) is 19.9 Å². The first-order valence-corrected chi connectivity index (χ1v) is 42.3. The van der Waals surface area contributed by atoms with E-state index in [1.165, 1.54) is 120 Å². The fraction of sp³-hybridized carbons (Fsp3) is 0. The number of hydrogen-bond donors (Lipinski definition) is 0. The summed E-state index contributed by atoms with van der Waals surface area (Å²) in [7, 11) is 0. The fourth-order valence-corrected chi connectivity index (χ4v) is 19.9. The maximum atomic E-state index is 4.99. The van der Waals surface area contributed by atoms with Crippen molar-refractivity contribution in [3.05, 3.63) is 437 Å². The second kappa shape index (κ2) is 28.5. The van der Waals surface area contributed by atoms with E-state index < -0.39 is 0 Å². The van der Waals surface area contributed by atoms with Crippen LogP contribution >= 0.6 is 0 Å². The lowest BCUT2D eigenvalue weighted by molar-refractivity contribution is 1.18. The highest BCUT2D eigenvalue weighted by atomic mass is 15.0. The van der Waals surface area contributed by atoms with Crippen molar-refractivity contribution in [3.8, 4) is 89.5 Å². The van der Waals surface area contributed by atoms with Gasteiger partial charge in [0.15, 0.2) is 0 Å². The second-order valence-corrected chi connectivity index (χ2v) is 32.4. The summed E-state index contributed by atoms with van der Waals surface area (Å²) in [5.74, 6) is 0. The average Bonchev–Trinajstić information content (AvgIpc) is 1.29. The van der Waals surface area contributed by atoms with Gasteiger partial charge in [-0.25, -0.2) is 0 Å². The summed E-state index contributed by atoms with van der Waals surface area (Å²) in [6.45, 7) is 0. The first-order valence-electron chi connectivity index (χ1n) is 42.3. The maximum absolute atomic E-state index is 4.99. The van der Waals surface area contributed by atoms with Gasteiger partial charge in [-0.2, -0.15) is 0 Å². The molecule has 0 saturated heterocycles. The summed E-state index contributed by atoms with van der Waals surface area (Å²) in [5.41, 5.74) is 31.8. The normalized spacial score (nSPS) is 11.9. The fourth-order valence-electron chi connectivity index (χ4n) is 19.9. The summed E-state index contributed by atoms with van der Waals surface area (Å²) in [6.07, 6.45) is 7.24. The summed E-state index contributed by atoms with van der Waals surface area (Å²) in [4.78, 5) is 19.9. The molecule has 0 spiro atoms. The van der Waals surface area contributed by atoms with Crippen LogP contribution in [0.1, 0.15) is 0 Å². The van der Waals surface area contributed by atoms with Crippen molar-refractivity contribution in [1.82, 2.24) is 38.2 Å². The van der Waals surface area contributed by atoms with Crippen LogP contribution in [0.15, 0.2) is 437 Å². The van der Waals surface area contributed by atoms with Gasteiger partial charge in [0.1, 0.15) is 0 Å². The zero-order valence-corrected chi connectivity index (χ0v) is 67.1.